The van der Waals surface area contributed by atoms with Crippen molar-refractivity contribution in [1.82, 2.24) is 9.97 Å². The van der Waals surface area contributed by atoms with Crippen LogP contribution in [0.15, 0.2) is 81.6 Å². The standard InChI is InChI=1S/C32H28N2O8/c1-5-39-31(35)25-27(19-11-15-23(37-3)16-12-19)41-29(33-25)21-7-9-22(10-8-21)30-34-26(32(36)40-6-2)28(42-30)20-13-17-24(38-4)18-14-20/h7-18H,5-6H2,1-4H3. The molecule has 214 valence electrons. The molecule has 0 fully saturated rings. The fourth-order valence-electron chi connectivity index (χ4n) is 4.19. The number of aromatic nitrogens is 2. The molecular formula is C32H28N2O8. The zero-order valence-corrected chi connectivity index (χ0v) is 23.5. The van der Waals surface area contributed by atoms with Crippen molar-refractivity contribution in [3.05, 3.63) is 84.2 Å². The summed E-state index contributed by atoms with van der Waals surface area (Å²) in [5.41, 5.74) is 2.64. The van der Waals surface area contributed by atoms with E-state index in [2.05, 4.69) is 9.97 Å². The Morgan fingerprint density at radius 2 is 0.905 bits per heavy atom. The minimum Gasteiger partial charge on any atom is -0.497 e. The van der Waals surface area contributed by atoms with Crippen molar-refractivity contribution in [3.8, 4) is 57.1 Å². The predicted octanol–water partition coefficient (Wildman–Crippen LogP) is 6.70. The molecular weight excluding hydrogens is 540 g/mol. The van der Waals surface area contributed by atoms with E-state index in [0.29, 0.717) is 33.8 Å². The van der Waals surface area contributed by atoms with Gasteiger partial charge in [0.05, 0.1) is 27.4 Å². The first-order chi connectivity index (χ1) is 20.4. The van der Waals surface area contributed by atoms with Gasteiger partial charge in [-0.15, -0.1) is 0 Å². The van der Waals surface area contributed by atoms with Crippen LogP contribution in [0.3, 0.4) is 0 Å². The van der Waals surface area contributed by atoms with Crippen LogP contribution in [-0.4, -0.2) is 49.3 Å². The maximum atomic E-state index is 12.7. The van der Waals surface area contributed by atoms with E-state index in [1.54, 1.807) is 101 Å². The minimum absolute atomic E-state index is 0.0667. The SMILES string of the molecule is CCOC(=O)c1nc(-c2ccc(-c3nc(C(=O)OCC)c(-c4ccc(OC)cc4)o3)cc2)oc1-c1ccc(OC)cc1. The highest BCUT2D eigenvalue weighted by atomic mass is 16.5. The first kappa shape index (κ1) is 28.2. The highest BCUT2D eigenvalue weighted by molar-refractivity contribution is 5.95. The predicted molar refractivity (Wildman–Crippen MR) is 153 cm³/mol. The maximum Gasteiger partial charge on any atom is 0.361 e. The molecule has 0 saturated heterocycles. The number of esters is 2. The van der Waals surface area contributed by atoms with Crippen LogP contribution in [0.2, 0.25) is 0 Å². The second-order valence-electron chi connectivity index (χ2n) is 8.87. The molecule has 0 bridgehead atoms. The molecule has 10 heteroatoms. The molecule has 0 N–H and O–H groups in total. The lowest BCUT2D eigenvalue weighted by atomic mass is 10.1. The van der Waals surface area contributed by atoms with Crippen LogP contribution in [0.5, 0.6) is 11.5 Å². The van der Waals surface area contributed by atoms with E-state index in [4.69, 9.17) is 27.8 Å². The number of methoxy groups -OCH3 is 2. The maximum absolute atomic E-state index is 12.7. The average molecular weight is 569 g/mol. The first-order valence-electron chi connectivity index (χ1n) is 13.2. The Hall–Kier alpha value is -5.38. The second kappa shape index (κ2) is 12.4. The van der Waals surface area contributed by atoms with Crippen molar-refractivity contribution in [3.63, 3.8) is 0 Å². The molecule has 0 saturated carbocycles. The van der Waals surface area contributed by atoms with Crippen molar-refractivity contribution in [2.45, 2.75) is 13.8 Å². The third-order valence-corrected chi connectivity index (χ3v) is 6.28. The summed E-state index contributed by atoms with van der Waals surface area (Å²) in [6.45, 7) is 3.84. The number of carbonyl (C=O) groups excluding carboxylic acids is 2. The van der Waals surface area contributed by atoms with Gasteiger partial charge < -0.3 is 27.8 Å². The summed E-state index contributed by atoms with van der Waals surface area (Å²) >= 11 is 0. The van der Waals surface area contributed by atoms with Gasteiger partial charge in [-0.1, -0.05) is 0 Å². The summed E-state index contributed by atoms with van der Waals surface area (Å²) in [6.07, 6.45) is 0. The zero-order chi connectivity index (χ0) is 29.6. The lowest BCUT2D eigenvalue weighted by Crippen LogP contribution is -2.06. The minimum atomic E-state index is -0.590. The van der Waals surface area contributed by atoms with Crippen molar-refractivity contribution < 1.29 is 37.4 Å². The van der Waals surface area contributed by atoms with Crippen LogP contribution in [0.1, 0.15) is 34.8 Å². The van der Waals surface area contributed by atoms with E-state index in [1.807, 2.05) is 0 Å². The van der Waals surface area contributed by atoms with Crippen LogP contribution in [-0.2, 0) is 9.47 Å². The van der Waals surface area contributed by atoms with Crippen LogP contribution >= 0.6 is 0 Å². The molecule has 2 heterocycles. The molecule has 42 heavy (non-hydrogen) atoms. The molecule has 0 aliphatic carbocycles. The average Bonchev–Trinajstić information content (AvgIpc) is 3.68. The van der Waals surface area contributed by atoms with E-state index in [0.717, 1.165) is 0 Å². The highest BCUT2D eigenvalue weighted by Gasteiger charge is 2.25. The normalized spacial score (nSPS) is 10.8. The monoisotopic (exact) mass is 568 g/mol. The van der Waals surface area contributed by atoms with Gasteiger partial charge in [-0.05, 0) is 86.6 Å². The summed E-state index contributed by atoms with van der Waals surface area (Å²) in [4.78, 5) is 34.3. The number of benzene rings is 3. The molecule has 0 aliphatic rings. The lowest BCUT2D eigenvalue weighted by molar-refractivity contribution is 0.0511. The smallest absolute Gasteiger partial charge is 0.361 e. The molecule has 2 aromatic heterocycles. The van der Waals surface area contributed by atoms with Crippen LogP contribution in [0, 0.1) is 0 Å². The Morgan fingerprint density at radius 1 is 0.571 bits per heavy atom. The van der Waals surface area contributed by atoms with Gasteiger partial charge in [0.1, 0.15) is 11.5 Å². The van der Waals surface area contributed by atoms with Gasteiger partial charge in [0.25, 0.3) is 0 Å². The molecule has 0 radical (unpaired) electrons. The van der Waals surface area contributed by atoms with Crippen LogP contribution in [0.4, 0.5) is 0 Å². The Balaban J connectivity index is 1.49. The van der Waals surface area contributed by atoms with Crippen LogP contribution < -0.4 is 9.47 Å². The van der Waals surface area contributed by atoms with Gasteiger partial charge in [-0.3, -0.25) is 0 Å². The molecule has 3 aromatic carbocycles. The van der Waals surface area contributed by atoms with Gasteiger partial charge in [-0.2, -0.15) is 0 Å². The molecule has 0 atom stereocenters. The zero-order valence-electron chi connectivity index (χ0n) is 23.5. The van der Waals surface area contributed by atoms with Crippen LogP contribution in [0.25, 0.3) is 45.6 Å². The van der Waals surface area contributed by atoms with Gasteiger partial charge in [0, 0.05) is 22.3 Å². The molecule has 10 nitrogen and oxygen atoms in total. The lowest BCUT2D eigenvalue weighted by Gasteiger charge is -2.03. The number of carbonyl (C=O) groups is 2. The van der Waals surface area contributed by atoms with Crippen molar-refractivity contribution >= 4 is 11.9 Å². The number of nitrogens with zero attached hydrogens (tertiary/aromatic N) is 2. The highest BCUT2D eigenvalue weighted by Crippen LogP contribution is 2.34. The third kappa shape index (κ3) is 5.73. The third-order valence-electron chi connectivity index (χ3n) is 6.28. The Labute approximate surface area is 241 Å². The number of hydrogen-bond donors (Lipinski definition) is 0. The van der Waals surface area contributed by atoms with Gasteiger partial charge in [-0.25, -0.2) is 19.6 Å². The summed E-state index contributed by atoms with van der Waals surface area (Å²) in [7, 11) is 3.15. The van der Waals surface area contributed by atoms with Crippen molar-refractivity contribution in [2.24, 2.45) is 0 Å². The quantitative estimate of drug-likeness (QED) is 0.168. The molecule has 0 spiro atoms. The Kier molecular flexibility index (Phi) is 8.33. The van der Waals surface area contributed by atoms with Gasteiger partial charge >= 0.3 is 11.9 Å². The summed E-state index contributed by atoms with van der Waals surface area (Å²) in [5, 5.41) is 0. The molecule has 0 aliphatic heterocycles. The van der Waals surface area contributed by atoms with Crippen molar-refractivity contribution in [2.75, 3.05) is 27.4 Å². The number of hydrogen-bond acceptors (Lipinski definition) is 10. The topological polar surface area (TPSA) is 123 Å². The molecule has 0 amide bonds. The Bertz CT molecular complexity index is 1560. The van der Waals surface area contributed by atoms with E-state index >= 15 is 0 Å². The summed E-state index contributed by atoms with van der Waals surface area (Å²) in [6, 6.07) is 21.2. The Morgan fingerprint density at radius 3 is 1.21 bits per heavy atom. The fraction of sp³-hybridized carbons (Fsp3) is 0.188. The molecule has 5 rings (SSSR count). The fourth-order valence-corrected chi connectivity index (χ4v) is 4.19. The van der Waals surface area contributed by atoms with E-state index in [1.165, 1.54) is 0 Å². The largest absolute Gasteiger partial charge is 0.497 e. The van der Waals surface area contributed by atoms with Gasteiger partial charge in [0.2, 0.25) is 11.8 Å². The molecule has 0 unspecified atom stereocenters. The van der Waals surface area contributed by atoms with E-state index < -0.39 is 11.9 Å². The summed E-state index contributed by atoms with van der Waals surface area (Å²) in [5.74, 6) is 1.18. The van der Waals surface area contributed by atoms with E-state index in [9.17, 15) is 9.59 Å². The van der Waals surface area contributed by atoms with E-state index in [-0.39, 0.29) is 47.9 Å². The number of oxazole rings is 2. The second-order valence-corrected chi connectivity index (χ2v) is 8.87. The molecule has 5 aromatic rings. The number of rotatable bonds is 10. The summed E-state index contributed by atoms with van der Waals surface area (Å²) < 4.78 is 33.0. The van der Waals surface area contributed by atoms with Gasteiger partial charge in [0.15, 0.2) is 22.9 Å². The van der Waals surface area contributed by atoms with Crippen molar-refractivity contribution in [1.29, 1.82) is 0 Å². The first-order valence-corrected chi connectivity index (χ1v) is 13.2. The number of ether oxygens (including phenoxy) is 4.